The van der Waals surface area contributed by atoms with Crippen LogP contribution in [0.2, 0.25) is 0 Å². The number of rotatable bonds is 2. The smallest absolute Gasteiger partial charge is 0.123 e. The number of aromatic nitrogens is 1. The van der Waals surface area contributed by atoms with Crippen LogP contribution in [0.1, 0.15) is 36.4 Å². The normalized spacial score (nSPS) is 15.4. The maximum absolute atomic E-state index is 5.73. The van der Waals surface area contributed by atoms with Gasteiger partial charge in [-0.3, -0.25) is 0 Å². The highest BCUT2D eigenvalue weighted by molar-refractivity contribution is 5.71. The lowest BCUT2D eigenvalue weighted by Gasteiger charge is -2.28. The van der Waals surface area contributed by atoms with Crippen molar-refractivity contribution in [2.24, 2.45) is 0 Å². The van der Waals surface area contributed by atoms with E-state index in [1.807, 2.05) is 13.0 Å². The molecule has 0 aliphatic heterocycles. The molecule has 2 heteroatoms. The Kier molecular flexibility index (Phi) is 2.78. The molecule has 0 radical (unpaired) electrons. The monoisotopic (exact) mass is 238 g/mol. The summed E-state index contributed by atoms with van der Waals surface area (Å²) < 4.78 is 0. The van der Waals surface area contributed by atoms with Crippen molar-refractivity contribution in [3.63, 3.8) is 0 Å². The molecular formula is C16H18N2. The second-order valence-electron chi connectivity index (χ2n) is 5.08. The summed E-state index contributed by atoms with van der Waals surface area (Å²) >= 11 is 0. The van der Waals surface area contributed by atoms with Crippen LogP contribution in [0.5, 0.6) is 0 Å². The predicted molar refractivity (Wildman–Crippen MR) is 75.4 cm³/mol. The maximum atomic E-state index is 5.73. The van der Waals surface area contributed by atoms with E-state index in [1.54, 1.807) is 0 Å². The van der Waals surface area contributed by atoms with Gasteiger partial charge in [-0.05, 0) is 48.9 Å². The first-order valence-electron chi connectivity index (χ1n) is 6.58. The number of benzene rings is 1. The average Bonchev–Trinajstić information content (AvgIpc) is 2.28. The SMILES string of the molecule is Cc1nc(N)ccc1-c1ccccc1C1CCC1. The molecule has 1 aromatic heterocycles. The summed E-state index contributed by atoms with van der Waals surface area (Å²) in [6, 6.07) is 12.7. The molecule has 2 aromatic rings. The van der Waals surface area contributed by atoms with Gasteiger partial charge < -0.3 is 5.73 Å². The zero-order valence-electron chi connectivity index (χ0n) is 10.7. The Hall–Kier alpha value is -1.83. The lowest BCUT2D eigenvalue weighted by atomic mass is 9.77. The molecule has 1 fully saturated rings. The van der Waals surface area contributed by atoms with Crippen molar-refractivity contribution in [3.05, 3.63) is 47.7 Å². The molecule has 1 aliphatic rings. The van der Waals surface area contributed by atoms with Crippen LogP contribution in [0.4, 0.5) is 5.82 Å². The molecule has 1 aromatic carbocycles. The first-order valence-corrected chi connectivity index (χ1v) is 6.58. The quantitative estimate of drug-likeness (QED) is 0.861. The number of anilines is 1. The fourth-order valence-corrected chi connectivity index (χ4v) is 2.68. The summed E-state index contributed by atoms with van der Waals surface area (Å²) in [4.78, 5) is 4.37. The summed E-state index contributed by atoms with van der Waals surface area (Å²) in [5.41, 5.74) is 10.8. The maximum Gasteiger partial charge on any atom is 0.123 e. The highest BCUT2D eigenvalue weighted by atomic mass is 14.8. The Labute approximate surface area is 108 Å². The molecule has 1 saturated carbocycles. The summed E-state index contributed by atoms with van der Waals surface area (Å²) in [5.74, 6) is 1.33. The summed E-state index contributed by atoms with van der Waals surface area (Å²) in [7, 11) is 0. The Morgan fingerprint density at radius 2 is 1.83 bits per heavy atom. The lowest BCUT2D eigenvalue weighted by Crippen LogP contribution is -2.10. The van der Waals surface area contributed by atoms with Crippen molar-refractivity contribution in [3.8, 4) is 11.1 Å². The average molecular weight is 238 g/mol. The highest BCUT2D eigenvalue weighted by Crippen LogP contribution is 2.41. The topological polar surface area (TPSA) is 38.9 Å². The van der Waals surface area contributed by atoms with Gasteiger partial charge in [0.05, 0.1) is 0 Å². The van der Waals surface area contributed by atoms with Crippen LogP contribution in [-0.4, -0.2) is 4.98 Å². The number of nitrogens with two attached hydrogens (primary N) is 1. The summed E-state index contributed by atoms with van der Waals surface area (Å²) in [5, 5.41) is 0. The molecule has 3 rings (SSSR count). The van der Waals surface area contributed by atoms with E-state index in [2.05, 4.69) is 35.3 Å². The Balaban J connectivity index is 2.10. The first-order chi connectivity index (χ1) is 8.75. The van der Waals surface area contributed by atoms with Gasteiger partial charge in [-0.1, -0.05) is 30.7 Å². The molecule has 0 spiro atoms. The number of aryl methyl sites for hydroxylation is 1. The number of hydrogen-bond donors (Lipinski definition) is 1. The van der Waals surface area contributed by atoms with Gasteiger partial charge in [0.25, 0.3) is 0 Å². The molecule has 2 nitrogen and oxygen atoms in total. The number of pyridine rings is 1. The third-order valence-electron chi connectivity index (χ3n) is 3.90. The second-order valence-corrected chi connectivity index (χ2v) is 5.08. The van der Waals surface area contributed by atoms with Gasteiger partial charge in [-0.2, -0.15) is 0 Å². The van der Waals surface area contributed by atoms with E-state index in [0.29, 0.717) is 5.82 Å². The minimum atomic E-state index is 0.595. The fourth-order valence-electron chi connectivity index (χ4n) is 2.68. The van der Waals surface area contributed by atoms with E-state index in [1.165, 1.54) is 36.0 Å². The van der Waals surface area contributed by atoms with Crippen molar-refractivity contribution < 1.29 is 0 Å². The largest absolute Gasteiger partial charge is 0.384 e. The second kappa shape index (κ2) is 4.45. The van der Waals surface area contributed by atoms with E-state index in [-0.39, 0.29) is 0 Å². The van der Waals surface area contributed by atoms with Gasteiger partial charge in [0.15, 0.2) is 0 Å². The van der Waals surface area contributed by atoms with Crippen LogP contribution in [0.25, 0.3) is 11.1 Å². The summed E-state index contributed by atoms with van der Waals surface area (Å²) in [6.45, 7) is 2.03. The van der Waals surface area contributed by atoms with Crippen molar-refractivity contribution >= 4 is 5.82 Å². The van der Waals surface area contributed by atoms with Gasteiger partial charge in [-0.25, -0.2) is 4.98 Å². The molecule has 0 saturated heterocycles. The molecule has 0 bridgehead atoms. The van der Waals surface area contributed by atoms with Gasteiger partial charge >= 0.3 is 0 Å². The molecule has 0 atom stereocenters. The van der Waals surface area contributed by atoms with Crippen LogP contribution in [0, 0.1) is 6.92 Å². The minimum Gasteiger partial charge on any atom is -0.384 e. The Morgan fingerprint density at radius 1 is 1.06 bits per heavy atom. The van der Waals surface area contributed by atoms with E-state index in [9.17, 15) is 0 Å². The molecule has 1 aliphatic carbocycles. The fraction of sp³-hybridized carbons (Fsp3) is 0.312. The zero-order valence-corrected chi connectivity index (χ0v) is 10.7. The molecule has 1 heterocycles. The molecule has 2 N–H and O–H groups in total. The molecular weight excluding hydrogens is 220 g/mol. The van der Waals surface area contributed by atoms with E-state index >= 15 is 0 Å². The minimum absolute atomic E-state index is 0.595. The third kappa shape index (κ3) is 1.88. The third-order valence-corrected chi connectivity index (χ3v) is 3.90. The summed E-state index contributed by atoms with van der Waals surface area (Å²) in [6.07, 6.45) is 3.99. The predicted octanol–water partition coefficient (Wildman–Crippen LogP) is 3.91. The Morgan fingerprint density at radius 3 is 2.50 bits per heavy atom. The van der Waals surface area contributed by atoms with Crippen LogP contribution in [0.3, 0.4) is 0 Å². The van der Waals surface area contributed by atoms with Crippen molar-refractivity contribution in [2.75, 3.05) is 5.73 Å². The number of nitrogens with zero attached hydrogens (tertiary/aromatic N) is 1. The van der Waals surface area contributed by atoms with E-state index < -0.39 is 0 Å². The van der Waals surface area contributed by atoms with Crippen LogP contribution in [0.15, 0.2) is 36.4 Å². The molecule has 92 valence electrons. The van der Waals surface area contributed by atoms with Gasteiger partial charge in [-0.15, -0.1) is 0 Å². The molecule has 0 unspecified atom stereocenters. The standard InChI is InChI=1S/C16H18N2/c1-11-13(9-10-16(17)18-11)15-8-3-2-7-14(15)12-5-4-6-12/h2-3,7-10,12H,4-6H2,1H3,(H2,17,18). The van der Waals surface area contributed by atoms with Gasteiger partial charge in [0.2, 0.25) is 0 Å². The van der Waals surface area contributed by atoms with Crippen LogP contribution >= 0.6 is 0 Å². The van der Waals surface area contributed by atoms with Gasteiger partial charge in [0.1, 0.15) is 5.82 Å². The van der Waals surface area contributed by atoms with E-state index in [0.717, 1.165) is 11.6 Å². The molecule has 0 amide bonds. The number of hydrogen-bond acceptors (Lipinski definition) is 2. The first kappa shape index (κ1) is 11.3. The van der Waals surface area contributed by atoms with Crippen LogP contribution in [-0.2, 0) is 0 Å². The highest BCUT2D eigenvalue weighted by Gasteiger charge is 2.22. The lowest BCUT2D eigenvalue weighted by molar-refractivity contribution is 0.420. The zero-order chi connectivity index (χ0) is 12.5. The molecule has 18 heavy (non-hydrogen) atoms. The van der Waals surface area contributed by atoms with Crippen molar-refractivity contribution in [1.29, 1.82) is 0 Å². The number of nitrogen functional groups attached to an aromatic ring is 1. The Bertz CT molecular complexity index is 571. The van der Waals surface area contributed by atoms with Gasteiger partial charge in [0, 0.05) is 11.3 Å². The van der Waals surface area contributed by atoms with Crippen LogP contribution < -0.4 is 5.73 Å². The van der Waals surface area contributed by atoms with Crippen molar-refractivity contribution in [1.82, 2.24) is 4.98 Å². The van der Waals surface area contributed by atoms with E-state index in [4.69, 9.17) is 5.73 Å². The van der Waals surface area contributed by atoms with Crippen molar-refractivity contribution in [2.45, 2.75) is 32.1 Å².